The minimum Gasteiger partial charge on any atom is -0.331 e. The Morgan fingerprint density at radius 3 is 2.40 bits per heavy atom. The van der Waals surface area contributed by atoms with Crippen LogP contribution in [0.3, 0.4) is 0 Å². The van der Waals surface area contributed by atoms with Crippen LogP contribution < -0.4 is 0 Å². The molecule has 1 aromatic carbocycles. The Bertz CT molecular complexity index is 754. The first-order valence-electron chi connectivity index (χ1n) is 8.42. The molecule has 3 rings (SSSR count). The number of rotatable bonds is 1. The number of benzene rings is 1. The molecule has 1 unspecified atom stereocenters. The van der Waals surface area contributed by atoms with Crippen LogP contribution in [0.15, 0.2) is 18.2 Å². The van der Waals surface area contributed by atoms with Crippen molar-refractivity contribution in [3.8, 4) is 0 Å². The van der Waals surface area contributed by atoms with E-state index in [4.69, 9.17) is 0 Å². The second-order valence-electron chi connectivity index (χ2n) is 7.95. The molecule has 2 bridgehead atoms. The second-order valence-corrected chi connectivity index (χ2v) is 7.95. The zero-order chi connectivity index (χ0) is 18.8. The first-order valence-corrected chi connectivity index (χ1v) is 8.42. The lowest BCUT2D eigenvalue weighted by molar-refractivity contribution is -0.195. The highest BCUT2D eigenvalue weighted by Crippen LogP contribution is 2.56. The monoisotopic (exact) mass is 353 g/mol. The molecule has 25 heavy (non-hydrogen) atoms. The normalized spacial score (nSPS) is 27.6. The maximum atomic E-state index is 13.0. The van der Waals surface area contributed by atoms with E-state index in [0.29, 0.717) is 18.4 Å². The van der Waals surface area contributed by atoms with Gasteiger partial charge < -0.3 is 4.90 Å². The molecule has 1 aliphatic carbocycles. The topological polar surface area (TPSA) is 37.4 Å². The van der Waals surface area contributed by atoms with Crippen LogP contribution in [0, 0.1) is 5.41 Å². The van der Waals surface area contributed by atoms with E-state index < -0.39 is 23.5 Å². The quantitative estimate of drug-likeness (QED) is 0.718. The predicted octanol–water partition coefficient (Wildman–Crippen LogP) is 3.89. The summed E-state index contributed by atoms with van der Waals surface area (Å²) in [5.41, 5.74) is 1.65. The minimum absolute atomic E-state index is 0.0315. The van der Waals surface area contributed by atoms with Crippen molar-refractivity contribution >= 4 is 11.7 Å². The Kier molecular flexibility index (Phi) is 3.82. The maximum absolute atomic E-state index is 13.0. The van der Waals surface area contributed by atoms with Gasteiger partial charge in [-0.3, -0.25) is 9.59 Å². The summed E-state index contributed by atoms with van der Waals surface area (Å²) in [4.78, 5) is 24.7. The molecule has 1 amide bonds. The third-order valence-corrected chi connectivity index (χ3v) is 6.51. The number of piperidine rings is 1. The number of Topliss-reactive ketones (excluding diaryl/α,β-unsaturated/α-hetero) is 1. The van der Waals surface area contributed by atoms with Crippen LogP contribution in [0.25, 0.3) is 0 Å². The van der Waals surface area contributed by atoms with Gasteiger partial charge in [-0.25, -0.2) is 0 Å². The number of halogens is 3. The zero-order valence-corrected chi connectivity index (χ0v) is 14.8. The van der Waals surface area contributed by atoms with Crippen molar-refractivity contribution < 1.29 is 22.8 Å². The fourth-order valence-electron chi connectivity index (χ4n) is 4.53. The first kappa shape index (κ1) is 18.0. The smallest absolute Gasteiger partial charge is 0.331 e. The van der Waals surface area contributed by atoms with E-state index in [2.05, 4.69) is 0 Å². The minimum atomic E-state index is -4.86. The summed E-state index contributed by atoms with van der Waals surface area (Å²) in [5.74, 6) is -1.78. The highest BCUT2D eigenvalue weighted by Gasteiger charge is 2.59. The Morgan fingerprint density at radius 1 is 1.20 bits per heavy atom. The highest BCUT2D eigenvalue weighted by molar-refractivity contribution is 5.94. The molecule has 1 aromatic rings. The highest BCUT2D eigenvalue weighted by atomic mass is 19.4. The van der Waals surface area contributed by atoms with Gasteiger partial charge >= 0.3 is 12.1 Å². The number of hydrogen-bond donors (Lipinski definition) is 0. The van der Waals surface area contributed by atoms with Gasteiger partial charge in [-0.15, -0.1) is 0 Å². The van der Waals surface area contributed by atoms with Crippen LogP contribution in [0.5, 0.6) is 0 Å². The Balaban J connectivity index is 2.11. The van der Waals surface area contributed by atoms with Crippen molar-refractivity contribution in [2.45, 2.75) is 58.2 Å². The number of hydrogen-bond acceptors (Lipinski definition) is 2. The number of fused-ring (bicyclic) bond motifs is 4. The third-order valence-electron chi connectivity index (χ3n) is 6.51. The molecule has 0 spiro atoms. The van der Waals surface area contributed by atoms with Gasteiger partial charge in [-0.1, -0.05) is 32.9 Å². The van der Waals surface area contributed by atoms with Gasteiger partial charge in [0.05, 0.1) is 0 Å². The van der Waals surface area contributed by atoms with Gasteiger partial charge in [0, 0.05) is 23.6 Å². The van der Waals surface area contributed by atoms with Crippen molar-refractivity contribution in [1.82, 2.24) is 4.90 Å². The fraction of sp³-hybridized carbons (Fsp3) is 0.579. The molecule has 1 fully saturated rings. The Morgan fingerprint density at radius 2 is 1.84 bits per heavy atom. The largest absolute Gasteiger partial charge is 0.471 e. The molecule has 2 atom stereocenters. The fourth-order valence-corrected chi connectivity index (χ4v) is 4.53. The van der Waals surface area contributed by atoms with Crippen LogP contribution in [-0.2, 0) is 16.6 Å². The molecule has 1 aliphatic heterocycles. The number of carbonyl (C=O) groups excluding carboxylic acids is 2. The molecule has 136 valence electrons. The molecule has 1 heterocycles. The molecule has 0 radical (unpaired) electrons. The summed E-state index contributed by atoms with van der Waals surface area (Å²) >= 11 is 0. The number of likely N-dealkylation sites (tertiary alicyclic amines) is 1. The van der Waals surface area contributed by atoms with Gasteiger partial charge in [-0.2, -0.15) is 13.2 Å². The molecule has 0 saturated carbocycles. The molecular weight excluding hydrogens is 331 g/mol. The average Bonchev–Trinajstić information content (AvgIpc) is 2.49. The summed E-state index contributed by atoms with van der Waals surface area (Å²) in [6.45, 7) is 7.48. The molecule has 0 aromatic heterocycles. The number of carbonyl (C=O) groups is 2. The van der Waals surface area contributed by atoms with Crippen LogP contribution in [0.2, 0.25) is 0 Å². The average molecular weight is 353 g/mol. The van der Waals surface area contributed by atoms with E-state index in [9.17, 15) is 22.8 Å². The molecule has 1 saturated heterocycles. The van der Waals surface area contributed by atoms with E-state index in [1.807, 2.05) is 32.9 Å². The SMILES string of the molecule is CC(=O)c1ccc2c(c1)C1(C)CCN(C(=O)C(F)(F)F)[C@H](C2)C1(C)C. The number of nitrogens with zero attached hydrogens (tertiary/aromatic N) is 1. The lowest BCUT2D eigenvalue weighted by atomic mass is 9.51. The van der Waals surface area contributed by atoms with Crippen LogP contribution in [0.1, 0.15) is 55.6 Å². The lowest BCUT2D eigenvalue weighted by Crippen LogP contribution is -2.66. The van der Waals surface area contributed by atoms with E-state index in [0.717, 1.165) is 16.0 Å². The molecule has 6 heteroatoms. The third kappa shape index (κ3) is 2.49. The second kappa shape index (κ2) is 5.32. The van der Waals surface area contributed by atoms with Crippen LogP contribution >= 0.6 is 0 Å². The number of amides is 1. The van der Waals surface area contributed by atoms with E-state index in [-0.39, 0.29) is 17.7 Å². The van der Waals surface area contributed by atoms with E-state index >= 15 is 0 Å². The predicted molar refractivity (Wildman–Crippen MR) is 87.5 cm³/mol. The maximum Gasteiger partial charge on any atom is 0.471 e. The van der Waals surface area contributed by atoms with E-state index in [1.54, 1.807) is 6.07 Å². The number of alkyl halides is 3. The summed E-state index contributed by atoms with van der Waals surface area (Å²) in [6.07, 6.45) is -4.05. The lowest BCUT2D eigenvalue weighted by Gasteiger charge is -2.60. The van der Waals surface area contributed by atoms with Crippen molar-refractivity contribution in [2.75, 3.05) is 6.54 Å². The summed E-state index contributed by atoms with van der Waals surface area (Å²) in [7, 11) is 0. The van der Waals surface area contributed by atoms with Gasteiger partial charge in [0.15, 0.2) is 5.78 Å². The standard InChI is InChI=1S/C19H22F3NO2/c1-11(24)12-5-6-13-10-15-17(2,3)18(4,14(13)9-12)7-8-23(15)16(25)19(20,21)22/h5-6,9,15H,7-8,10H2,1-4H3/t15-,18?/m1/s1. The van der Waals surface area contributed by atoms with Crippen LogP contribution in [0.4, 0.5) is 13.2 Å². The van der Waals surface area contributed by atoms with Gasteiger partial charge in [-0.05, 0) is 42.4 Å². The zero-order valence-electron chi connectivity index (χ0n) is 14.8. The van der Waals surface area contributed by atoms with Gasteiger partial charge in [0.1, 0.15) is 0 Å². The van der Waals surface area contributed by atoms with Crippen molar-refractivity contribution in [2.24, 2.45) is 5.41 Å². The molecule has 2 aliphatic rings. The first-order chi connectivity index (χ1) is 11.4. The van der Waals surface area contributed by atoms with Crippen molar-refractivity contribution in [3.05, 3.63) is 34.9 Å². The van der Waals surface area contributed by atoms with Crippen LogP contribution in [-0.4, -0.2) is 35.4 Å². The number of ketones is 1. The Labute approximate surface area is 145 Å². The van der Waals surface area contributed by atoms with Crippen molar-refractivity contribution in [3.63, 3.8) is 0 Å². The summed E-state index contributed by atoms with van der Waals surface area (Å²) in [6, 6.07) is 4.91. The molecule has 0 N–H and O–H groups in total. The summed E-state index contributed by atoms with van der Waals surface area (Å²) < 4.78 is 39.0. The van der Waals surface area contributed by atoms with Crippen molar-refractivity contribution in [1.29, 1.82) is 0 Å². The molecular formula is C19H22F3NO2. The Hall–Kier alpha value is -1.85. The molecule has 3 nitrogen and oxygen atoms in total. The van der Waals surface area contributed by atoms with Gasteiger partial charge in [0.2, 0.25) is 0 Å². The summed E-state index contributed by atoms with van der Waals surface area (Å²) in [5, 5.41) is 0. The van der Waals surface area contributed by atoms with E-state index in [1.165, 1.54) is 6.92 Å². The van der Waals surface area contributed by atoms with Gasteiger partial charge in [0.25, 0.3) is 0 Å².